The van der Waals surface area contributed by atoms with E-state index in [-0.39, 0.29) is 18.0 Å². The van der Waals surface area contributed by atoms with Gasteiger partial charge in [0.2, 0.25) is 0 Å². The van der Waals surface area contributed by atoms with Gasteiger partial charge < -0.3 is 14.4 Å². The number of rotatable bonds is 39. The summed E-state index contributed by atoms with van der Waals surface area (Å²) >= 11 is 0. The van der Waals surface area contributed by atoms with Crippen molar-refractivity contribution in [3.05, 3.63) is 12.2 Å². The lowest BCUT2D eigenvalue weighted by Crippen LogP contribution is -2.27. The molecule has 0 amide bonds. The molecule has 0 radical (unpaired) electrons. The van der Waals surface area contributed by atoms with Crippen molar-refractivity contribution in [2.75, 3.05) is 40.4 Å². The number of esters is 2. The average molecular weight is 751 g/mol. The summed E-state index contributed by atoms with van der Waals surface area (Å²) in [5.41, 5.74) is 3.26. The standard InChI is InChI=1S/C46H90N2O5/c1-40(2)26-23-28-42(5)34-38-51-45(49)32-21-17-13-9-11-15-19-30-44(53-47-36-25-37-48(7)8)31-20-16-12-10-14-18-22-33-46(50)52-39-35-43(6)29-24-27-41(3)4/h23,28,40-44,47H,9-22,24-27,29-39H2,1-8H3. The Morgan fingerprint density at radius 1 is 0.566 bits per heavy atom. The number of carbonyl (C=O) groups excluding carboxylic acids is 2. The molecule has 0 heterocycles. The second kappa shape index (κ2) is 37.5. The van der Waals surface area contributed by atoms with Crippen molar-refractivity contribution in [3.8, 4) is 0 Å². The highest BCUT2D eigenvalue weighted by atomic mass is 16.7. The van der Waals surface area contributed by atoms with E-state index < -0.39 is 0 Å². The van der Waals surface area contributed by atoms with Gasteiger partial charge in [-0.25, -0.2) is 5.48 Å². The highest BCUT2D eigenvalue weighted by Crippen LogP contribution is 2.18. The summed E-state index contributed by atoms with van der Waals surface area (Å²) in [5.74, 6) is 2.49. The molecule has 3 atom stereocenters. The molecule has 0 saturated carbocycles. The molecule has 0 fully saturated rings. The van der Waals surface area contributed by atoms with Crippen LogP contribution in [-0.2, 0) is 23.9 Å². The highest BCUT2D eigenvalue weighted by molar-refractivity contribution is 5.69. The molecule has 53 heavy (non-hydrogen) atoms. The van der Waals surface area contributed by atoms with Crippen LogP contribution in [0.15, 0.2) is 12.2 Å². The van der Waals surface area contributed by atoms with Crippen molar-refractivity contribution >= 4 is 11.9 Å². The molecule has 1 N–H and O–H groups in total. The Labute approximate surface area is 329 Å². The van der Waals surface area contributed by atoms with Crippen molar-refractivity contribution in [3.63, 3.8) is 0 Å². The monoisotopic (exact) mass is 751 g/mol. The number of hydrogen-bond donors (Lipinski definition) is 1. The summed E-state index contributed by atoms with van der Waals surface area (Å²) < 4.78 is 11.0. The van der Waals surface area contributed by atoms with Gasteiger partial charge in [-0.1, -0.05) is 150 Å². The van der Waals surface area contributed by atoms with E-state index >= 15 is 0 Å². The summed E-state index contributed by atoms with van der Waals surface area (Å²) in [6.45, 7) is 16.5. The first-order valence-electron chi connectivity index (χ1n) is 22.5. The lowest BCUT2D eigenvalue weighted by Gasteiger charge is -2.19. The fourth-order valence-corrected chi connectivity index (χ4v) is 6.53. The smallest absolute Gasteiger partial charge is 0.305 e. The topological polar surface area (TPSA) is 77.1 Å². The quantitative estimate of drug-likeness (QED) is 0.0290. The van der Waals surface area contributed by atoms with Crippen molar-refractivity contribution in [1.29, 1.82) is 0 Å². The van der Waals surface area contributed by atoms with E-state index in [9.17, 15) is 9.59 Å². The second-order valence-electron chi connectivity index (χ2n) is 17.3. The van der Waals surface area contributed by atoms with E-state index in [0.717, 1.165) is 83.2 Å². The van der Waals surface area contributed by atoms with Crippen LogP contribution in [0.2, 0.25) is 0 Å². The van der Waals surface area contributed by atoms with Crippen LogP contribution in [0.25, 0.3) is 0 Å². The Bertz CT molecular complexity index is 846. The number of allylic oxidation sites excluding steroid dienone is 2. The summed E-state index contributed by atoms with van der Waals surface area (Å²) in [4.78, 5) is 32.6. The molecule has 0 aliphatic carbocycles. The minimum Gasteiger partial charge on any atom is -0.466 e. The maximum absolute atomic E-state index is 12.1. The average Bonchev–Trinajstić information content (AvgIpc) is 3.09. The van der Waals surface area contributed by atoms with Crippen LogP contribution in [0.3, 0.4) is 0 Å². The molecule has 0 rings (SSSR count). The maximum atomic E-state index is 12.1. The molecule has 0 aliphatic rings. The molecule has 7 nitrogen and oxygen atoms in total. The molecule has 0 bridgehead atoms. The van der Waals surface area contributed by atoms with E-state index in [0.29, 0.717) is 43.8 Å². The van der Waals surface area contributed by atoms with Crippen LogP contribution in [0, 0.1) is 23.7 Å². The predicted molar refractivity (Wildman–Crippen MR) is 226 cm³/mol. The van der Waals surface area contributed by atoms with Crippen LogP contribution < -0.4 is 5.48 Å². The van der Waals surface area contributed by atoms with Gasteiger partial charge in [0.1, 0.15) is 0 Å². The molecular weight excluding hydrogens is 661 g/mol. The largest absolute Gasteiger partial charge is 0.466 e. The number of hydrogen-bond acceptors (Lipinski definition) is 7. The Balaban J connectivity index is 3.97. The zero-order chi connectivity index (χ0) is 39.4. The number of unbranched alkanes of at least 4 members (excludes halogenated alkanes) is 12. The van der Waals surface area contributed by atoms with Gasteiger partial charge in [0.15, 0.2) is 0 Å². The molecule has 0 spiro atoms. The summed E-state index contributed by atoms with van der Waals surface area (Å²) in [6.07, 6.45) is 32.4. The van der Waals surface area contributed by atoms with Crippen LogP contribution in [0.5, 0.6) is 0 Å². The fraction of sp³-hybridized carbons (Fsp3) is 0.913. The number of nitrogens with one attached hydrogen (secondary N) is 1. The molecule has 7 heteroatoms. The van der Waals surface area contributed by atoms with Gasteiger partial charge in [-0.05, 0) is 95.7 Å². The molecular formula is C46H90N2O5. The number of ether oxygens (including phenoxy) is 2. The lowest BCUT2D eigenvalue weighted by molar-refractivity contribution is -0.145. The SMILES string of the molecule is CC(C)CC=CC(C)CCOC(=O)CCCCCCCCCC(CCCCCCCCCC(=O)OCCC(C)CCCC(C)C)ONCCCN(C)C. The van der Waals surface area contributed by atoms with E-state index in [2.05, 4.69) is 78.2 Å². The van der Waals surface area contributed by atoms with Crippen molar-refractivity contribution in [2.45, 2.75) is 208 Å². The Kier molecular flexibility index (Phi) is 36.5. The first-order chi connectivity index (χ1) is 25.5. The van der Waals surface area contributed by atoms with Gasteiger partial charge in [-0.15, -0.1) is 0 Å². The molecule has 314 valence electrons. The third kappa shape index (κ3) is 40.1. The zero-order valence-corrected chi connectivity index (χ0v) is 36.5. The zero-order valence-electron chi connectivity index (χ0n) is 36.5. The van der Waals surface area contributed by atoms with Crippen LogP contribution in [0.4, 0.5) is 0 Å². The highest BCUT2D eigenvalue weighted by Gasteiger charge is 2.11. The van der Waals surface area contributed by atoms with E-state index in [1.807, 2.05) is 0 Å². The van der Waals surface area contributed by atoms with Crippen LogP contribution in [-0.4, -0.2) is 63.3 Å². The van der Waals surface area contributed by atoms with Crippen LogP contribution in [0.1, 0.15) is 202 Å². The third-order valence-corrected chi connectivity index (χ3v) is 10.2. The Morgan fingerprint density at radius 3 is 1.58 bits per heavy atom. The Morgan fingerprint density at radius 2 is 1.08 bits per heavy atom. The maximum Gasteiger partial charge on any atom is 0.305 e. The number of carbonyl (C=O) groups is 2. The second-order valence-corrected chi connectivity index (χ2v) is 17.3. The number of nitrogens with zero attached hydrogens (tertiary/aromatic N) is 1. The van der Waals surface area contributed by atoms with Crippen LogP contribution >= 0.6 is 0 Å². The predicted octanol–water partition coefficient (Wildman–Crippen LogP) is 12.4. The molecule has 0 aromatic rings. The van der Waals surface area contributed by atoms with Gasteiger partial charge in [0.05, 0.1) is 19.3 Å². The van der Waals surface area contributed by atoms with Gasteiger partial charge in [0, 0.05) is 19.4 Å². The minimum absolute atomic E-state index is 0.0170. The lowest BCUT2D eigenvalue weighted by atomic mass is 9.98. The molecule has 3 unspecified atom stereocenters. The van der Waals surface area contributed by atoms with E-state index in [1.54, 1.807) is 0 Å². The number of hydroxylamine groups is 1. The molecule has 0 saturated heterocycles. The summed E-state index contributed by atoms with van der Waals surface area (Å²) in [7, 11) is 4.22. The molecule has 0 aromatic heterocycles. The normalized spacial score (nSPS) is 13.7. The third-order valence-electron chi connectivity index (χ3n) is 10.2. The minimum atomic E-state index is -0.0397. The fourth-order valence-electron chi connectivity index (χ4n) is 6.53. The van der Waals surface area contributed by atoms with Gasteiger partial charge in [0.25, 0.3) is 0 Å². The summed E-state index contributed by atoms with van der Waals surface area (Å²) in [6, 6.07) is 0. The summed E-state index contributed by atoms with van der Waals surface area (Å²) in [5, 5.41) is 0. The van der Waals surface area contributed by atoms with E-state index in [1.165, 1.54) is 83.5 Å². The Hall–Kier alpha value is -1.44. The van der Waals surface area contributed by atoms with Crippen molar-refractivity contribution in [2.24, 2.45) is 23.7 Å². The molecule has 0 aromatic carbocycles. The van der Waals surface area contributed by atoms with Crippen molar-refractivity contribution in [1.82, 2.24) is 10.4 Å². The first-order valence-corrected chi connectivity index (χ1v) is 22.5. The van der Waals surface area contributed by atoms with Gasteiger partial charge >= 0.3 is 11.9 Å². The first kappa shape index (κ1) is 51.6. The van der Waals surface area contributed by atoms with E-state index in [4.69, 9.17) is 14.3 Å². The van der Waals surface area contributed by atoms with Gasteiger partial charge in [-0.3, -0.25) is 14.4 Å². The van der Waals surface area contributed by atoms with Crippen molar-refractivity contribution < 1.29 is 23.9 Å². The molecule has 0 aliphatic heterocycles. The van der Waals surface area contributed by atoms with Gasteiger partial charge in [-0.2, -0.15) is 0 Å².